The molecule has 0 fully saturated rings. The minimum atomic E-state index is -0.500. The zero-order valence-electron chi connectivity index (χ0n) is 12.7. The molecule has 6 heteroatoms. The number of rotatable bonds is 5. The molecule has 0 aliphatic rings. The summed E-state index contributed by atoms with van der Waals surface area (Å²) in [7, 11) is 1.31. The second-order valence-corrected chi connectivity index (χ2v) is 5.34. The summed E-state index contributed by atoms with van der Waals surface area (Å²) in [5, 5.41) is 0. The van der Waals surface area contributed by atoms with Crippen LogP contribution in [0.2, 0.25) is 0 Å². The topological polar surface area (TPSA) is 61.8 Å². The zero-order valence-corrected chi connectivity index (χ0v) is 14.3. The van der Waals surface area contributed by atoms with Crippen molar-refractivity contribution in [2.75, 3.05) is 13.7 Å². The van der Waals surface area contributed by atoms with E-state index >= 15 is 0 Å². The van der Waals surface area contributed by atoms with Crippen LogP contribution in [-0.2, 0) is 4.74 Å². The number of methoxy groups -OCH3 is 1. The van der Waals surface area contributed by atoms with Crippen LogP contribution in [0.1, 0.15) is 27.6 Å². The number of esters is 2. The summed E-state index contributed by atoms with van der Waals surface area (Å²) in [5.74, 6) is 0.0528. The minimum absolute atomic E-state index is 0.340. The number of carbonyl (C=O) groups is 2. The molecule has 23 heavy (non-hydrogen) atoms. The van der Waals surface area contributed by atoms with Crippen molar-refractivity contribution < 1.29 is 23.8 Å². The van der Waals surface area contributed by atoms with Gasteiger partial charge in [-0.2, -0.15) is 0 Å². The van der Waals surface area contributed by atoms with Gasteiger partial charge < -0.3 is 14.2 Å². The molecule has 0 aliphatic carbocycles. The minimum Gasteiger partial charge on any atom is -0.493 e. The third-order valence-electron chi connectivity index (χ3n) is 2.95. The molecule has 0 aromatic heterocycles. The van der Waals surface area contributed by atoms with Crippen molar-refractivity contribution in [1.82, 2.24) is 0 Å². The summed E-state index contributed by atoms with van der Waals surface area (Å²) in [6.07, 6.45) is 0. The predicted octanol–water partition coefficient (Wildman–Crippen LogP) is 3.85. The molecule has 120 valence electrons. The number of carbonyl (C=O) groups excluding carboxylic acids is 2. The van der Waals surface area contributed by atoms with Gasteiger partial charge in [-0.15, -0.1) is 0 Å². The maximum absolute atomic E-state index is 12.1. The van der Waals surface area contributed by atoms with E-state index in [-0.39, 0.29) is 0 Å². The first-order valence-corrected chi connectivity index (χ1v) is 7.67. The molecule has 0 heterocycles. The molecular weight excluding hydrogens is 364 g/mol. The van der Waals surface area contributed by atoms with E-state index in [2.05, 4.69) is 20.7 Å². The van der Waals surface area contributed by atoms with Gasteiger partial charge in [0.2, 0.25) is 0 Å². The molecule has 2 aromatic carbocycles. The Bertz CT molecular complexity index is 709. The number of hydrogen-bond donors (Lipinski definition) is 0. The Kier molecular flexibility index (Phi) is 5.76. The van der Waals surface area contributed by atoms with Crippen LogP contribution in [0, 0.1) is 0 Å². The van der Waals surface area contributed by atoms with Gasteiger partial charge in [-0.05, 0) is 65.3 Å². The molecule has 0 aliphatic heterocycles. The molecular formula is C17H15BrO5. The van der Waals surface area contributed by atoms with E-state index < -0.39 is 11.9 Å². The van der Waals surface area contributed by atoms with Gasteiger partial charge in [-0.1, -0.05) is 0 Å². The number of hydrogen-bond acceptors (Lipinski definition) is 5. The summed E-state index contributed by atoms with van der Waals surface area (Å²) in [6, 6.07) is 11.1. The summed E-state index contributed by atoms with van der Waals surface area (Å²) >= 11 is 3.35. The predicted molar refractivity (Wildman–Crippen MR) is 88.1 cm³/mol. The molecule has 0 unspecified atom stereocenters. The van der Waals surface area contributed by atoms with Crippen LogP contribution < -0.4 is 9.47 Å². The first-order valence-electron chi connectivity index (χ1n) is 6.88. The van der Waals surface area contributed by atoms with Crippen molar-refractivity contribution in [3.63, 3.8) is 0 Å². The van der Waals surface area contributed by atoms with Crippen LogP contribution in [-0.4, -0.2) is 25.7 Å². The normalized spacial score (nSPS) is 10.0. The van der Waals surface area contributed by atoms with Gasteiger partial charge >= 0.3 is 11.9 Å². The Balaban J connectivity index is 2.09. The molecule has 0 atom stereocenters. The SMILES string of the molecule is CCOc1ccc(C(=O)Oc2ccc(C(=O)OC)cc2)cc1Br. The fourth-order valence-corrected chi connectivity index (χ4v) is 2.34. The van der Waals surface area contributed by atoms with Gasteiger partial charge in [0.15, 0.2) is 0 Å². The van der Waals surface area contributed by atoms with Gasteiger partial charge in [-0.3, -0.25) is 0 Å². The second-order valence-electron chi connectivity index (χ2n) is 4.48. The van der Waals surface area contributed by atoms with E-state index in [0.29, 0.717) is 33.7 Å². The summed E-state index contributed by atoms with van der Waals surface area (Å²) in [6.45, 7) is 2.42. The van der Waals surface area contributed by atoms with Crippen LogP contribution >= 0.6 is 15.9 Å². The van der Waals surface area contributed by atoms with Gasteiger partial charge in [0.25, 0.3) is 0 Å². The average Bonchev–Trinajstić information content (AvgIpc) is 2.56. The Morgan fingerprint density at radius 3 is 2.22 bits per heavy atom. The first kappa shape index (κ1) is 17.0. The highest BCUT2D eigenvalue weighted by molar-refractivity contribution is 9.10. The molecule has 0 bridgehead atoms. The van der Waals surface area contributed by atoms with Crippen LogP contribution in [0.25, 0.3) is 0 Å². The molecule has 5 nitrogen and oxygen atoms in total. The van der Waals surface area contributed by atoms with Crippen molar-refractivity contribution in [3.05, 3.63) is 58.1 Å². The fourth-order valence-electron chi connectivity index (χ4n) is 1.84. The largest absolute Gasteiger partial charge is 0.493 e. The Morgan fingerprint density at radius 1 is 1.00 bits per heavy atom. The summed E-state index contributed by atoms with van der Waals surface area (Å²) < 4.78 is 15.9. The maximum Gasteiger partial charge on any atom is 0.343 e. The number of ether oxygens (including phenoxy) is 3. The van der Waals surface area contributed by atoms with Gasteiger partial charge in [-0.25, -0.2) is 9.59 Å². The summed E-state index contributed by atoms with van der Waals surface area (Å²) in [5.41, 5.74) is 0.772. The molecule has 2 aromatic rings. The highest BCUT2D eigenvalue weighted by Crippen LogP contribution is 2.26. The molecule has 2 rings (SSSR count). The fraction of sp³-hybridized carbons (Fsp3) is 0.176. The van der Waals surface area contributed by atoms with Gasteiger partial charge in [0.05, 0.1) is 29.3 Å². The monoisotopic (exact) mass is 378 g/mol. The van der Waals surface area contributed by atoms with E-state index in [1.54, 1.807) is 18.2 Å². The Labute approximate surface area is 142 Å². The lowest BCUT2D eigenvalue weighted by Gasteiger charge is -2.08. The third-order valence-corrected chi connectivity index (χ3v) is 3.57. The van der Waals surface area contributed by atoms with Crippen molar-refractivity contribution >= 4 is 27.9 Å². The van der Waals surface area contributed by atoms with Crippen molar-refractivity contribution in [2.45, 2.75) is 6.92 Å². The van der Waals surface area contributed by atoms with Crippen molar-refractivity contribution in [2.24, 2.45) is 0 Å². The highest BCUT2D eigenvalue weighted by atomic mass is 79.9. The van der Waals surface area contributed by atoms with E-state index in [1.165, 1.54) is 31.4 Å². The molecule has 0 spiro atoms. The number of halogens is 1. The Hall–Kier alpha value is -2.34. The van der Waals surface area contributed by atoms with Gasteiger partial charge in [0, 0.05) is 0 Å². The van der Waals surface area contributed by atoms with E-state index in [1.807, 2.05) is 6.92 Å². The lowest BCUT2D eigenvalue weighted by atomic mass is 10.2. The van der Waals surface area contributed by atoms with Crippen LogP contribution in [0.15, 0.2) is 46.9 Å². The van der Waals surface area contributed by atoms with Crippen molar-refractivity contribution in [1.29, 1.82) is 0 Å². The zero-order chi connectivity index (χ0) is 16.8. The average molecular weight is 379 g/mol. The molecule has 0 N–H and O–H groups in total. The molecule has 0 saturated carbocycles. The Morgan fingerprint density at radius 2 is 1.65 bits per heavy atom. The van der Waals surface area contributed by atoms with Gasteiger partial charge in [0.1, 0.15) is 11.5 Å². The maximum atomic E-state index is 12.1. The standard InChI is InChI=1S/C17H15BrO5/c1-3-22-15-9-6-12(10-14(15)18)17(20)23-13-7-4-11(5-8-13)16(19)21-2/h4-10H,3H2,1-2H3. The summed E-state index contributed by atoms with van der Waals surface area (Å²) in [4.78, 5) is 23.5. The quantitative estimate of drug-likeness (QED) is 0.583. The van der Waals surface area contributed by atoms with Crippen LogP contribution in [0.4, 0.5) is 0 Å². The second kappa shape index (κ2) is 7.78. The first-order chi connectivity index (χ1) is 11.0. The molecule has 0 radical (unpaired) electrons. The number of benzene rings is 2. The van der Waals surface area contributed by atoms with E-state index in [0.717, 1.165) is 0 Å². The third kappa shape index (κ3) is 4.32. The lowest BCUT2D eigenvalue weighted by Crippen LogP contribution is -2.09. The van der Waals surface area contributed by atoms with Crippen molar-refractivity contribution in [3.8, 4) is 11.5 Å². The van der Waals surface area contributed by atoms with Crippen LogP contribution in [0.5, 0.6) is 11.5 Å². The highest BCUT2D eigenvalue weighted by Gasteiger charge is 2.12. The van der Waals surface area contributed by atoms with E-state index in [9.17, 15) is 9.59 Å². The van der Waals surface area contributed by atoms with E-state index in [4.69, 9.17) is 9.47 Å². The van der Waals surface area contributed by atoms with Crippen LogP contribution in [0.3, 0.4) is 0 Å². The molecule has 0 amide bonds. The lowest BCUT2D eigenvalue weighted by molar-refractivity contribution is 0.0600. The smallest absolute Gasteiger partial charge is 0.343 e. The molecule has 0 saturated heterocycles.